The number of fused-ring (bicyclic) bond motifs is 1. The third-order valence-electron chi connectivity index (χ3n) is 6.87. The summed E-state index contributed by atoms with van der Waals surface area (Å²) in [6.07, 6.45) is 6.09. The molecule has 6 rings (SSSR count). The molecule has 0 bridgehead atoms. The smallest absolute Gasteiger partial charge is 0.324 e. The van der Waals surface area contributed by atoms with Gasteiger partial charge in [-0.15, -0.1) is 0 Å². The first-order valence-corrected chi connectivity index (χ1v) is 13.0. The fourth-order valence-electron chi connectivity index (χ4n) is 4.91. The third-order valence-corrected chi connectivity index (χ3v) is 6.87. The van der Waals surface area contributed by atoms with Crippen LogP contribution in [-0.4, -0.2) is 68.1 Å². The van der Waals surface area contributed by atoms with Crippen LogP contribution in [0, 0.1) is 0 Å². The van der Waals surface area contributed by atoms with Crippen LogP contribution in [0.4, 0.5) is 28.1 Å². The molecule has 3 aromatic heterocycles. The molecule has 1 atom stereocenters. The largest absolute Gasteiger partial charge is 0.377 e. The number of aryl methyl sites for hydroxylation is 1. The maximum atomic E-state index is 12.4. The molecule has 0 aliphatic carbocycles. The Morgan fingerprint density at radius 1 is 1.05 bits per heavy atom. The van der Waals surface area contributed by atoms with Gasteiger partial charge in [0.2, 0.25) is 5.95 Å². The lowest BCUT2D eigenvalue weighted by molar-refractivity contribution is 0.0984. The first-order chi connectivity index (χ1) is 19.0. The number of nitrogens with one attached hydrogen (secondary N) is 2. The van der Waals surface area contributed by atoms with Crippen molar-refractivity contribution in [3.8, 4) is 11.4 Å². The molecule has 0 spiro atoms. The first-order valence-electron chi connectivity index (χ1n) is 13.0. The van der Waals surface area contributed by atoms with Crippen LogP contribution in [-0.2, 0) is 24.8 Å². The molecule has 2 amide bonds. The van der Waals surface area contributed by atoms with Gasteiger partial charge in [-0.05, 0) is 43.7 Å². The third kappa shape index (κ3) is 5.36. The Bertz CT molecular complexity index is 1460. The van der Waals surface area contributed by atoms with Crippen LogP contribution in [0.5, 0.6) is 0 Å². The van der Waals surface area contributed by atoms with Crippen molar-refractivity contribution in [1.29, 1.82) is 0 Å². The van der Waals surface area contributed by atoms with E-state index in [0.29, 0.717) is 43.0 Å². The van der Waals surface area contributed by atoms with Gasteiger partial charge in [0.15, 0.2) is 11.6 Å². The normalized spacial score (nSPS) is 17.0. The molecular formula is C27H30N10O2. The molecule has 1 unspecified atom stereocenters. The van der Waals surface area contributed by atoms with Crippen molar-refractivity contribution >= 4 is 29.3 Å². The van der Waals surface area contributed by atoms with Gasteiger partial charge in [0.25, 0.3) is 0 Å². The number of hydrogen-bond acceptors (Lipinski definition) is 9. The zero-order valence-corrected chi connectivity index (χ0v) is 21.9. The number of anilines is 4. The van der Waals surface area contributed by atoms with Gasteiger partial charge >= 0.3 is 6.03 Å². The molecule has 1 saturated heterocycles. The van der Waals surface area contributed by atoms with Crippen LogP contribution in [0.1, 0.15) is 18.2 Å². The molecule has 2 N–H and O–H groups in total. The predicted molar refractivity (Wildman–Crippen MR) is 148 cm³/mol. The number of hydrogen-bond donors (Lipinski definition) is 2. The van der Waals surface area contributed by atoms with Gasteiger partial charge in [-0.2, -0.15) is 5.10 Å². The first kappa shape index (κ1) is 24.7. The molecule has 1 aromatic carbocycles. The van der Waals surface area contributed by atoms with Crippen LogP contribution in [0.2, 0.25) is 0 Å². The summed E-state index contributed by atoms with van der Waals surface area (Å²) in [6.45, 7) is 5.68. The summed E-state index contributed by atoms with van der Waals surface area (Å²) in [4.78, 5) is 35.8. The van der Waals surface area contributed by atoms with Gasteiger partial charge in [0.1, 0.15) is 5.82 Å². The van der Waals surface area contributed by atoms with Crippen molar-refractivity contribution in [2.45, 2.75) is 25.9 Å². The number of carbonyl (C=O) groups is 1. The molecule has 5 heterocycles. The van der Waals surface area contributed by atoms with Gasteiger partial charge in [0, 0.05) is 61.6 Å². The number of benzene rings is 1. The van der Waals surface area contributed by atoms with Crippen LogP contribution >= 0.6 is 0 Å². The maximum Gasteiger partial charge on any atom is 0.324 e. The summed E-state index contributed by atoms with van der Waals surface area (Å²) >= 11 is 0. The van der Waals surface area contributed by atoms with Crippen molar-refractivity contribution in [3.63, 3.8) is 0 Å². The van der Waals surface area contributed by atoms with Crippen molar-refractivity contribution < 1.29 is 9.53 Å². The number of nitrogens with zero attached hydrogens (tertiary/aromatic N) is 8. The number of rotatable bonds is 5. The van der Waals surface area contributed by atoms with Gasteiger partial charge in [-0.1, -0.05) is 0 Å². The zero-order chi connectivity index (χ0) is 26.8. The van der Waals surface area contributed by atoms with E-state index >= 15 is 0 Å². The summed E-state index contributed by atoms with van der Waals surface area (Å²) in [5, 5.41) is 9.72. The lowest BCUT2D eigenvalue weighted by Crippen LogP contribution is -2.45. The topological polar surface area (TPSA) is 126 Å². The highest BCUT2D eigenvalue weighted by Crippen LogP contribution is 2.32. The fourth-order valence-corrected chi connectivity index (χ4v) is 4.91. The minimum absolute atomic E-state index is 0.213. The fraction of sp³-hybridized carbons (Fsp3) is 0.333. The van der Waals surface area contributed by atoms with E-state index in [4.69, 9.17) is 14.7 Å². The minimum Gasteiger partial charge on any atom is -0.377 e. The van der Waals surface area contributed by atoms with E-state index in [1.165, 1.54) is 5.56 Å². The SMILES string of the molecule is CC1COCCN1c1nc(-c2ccc(NC(=O)Nc3ccn(C)n3)cc2)nc2c1CCN(c1ncccn1)C2. The van der Waals surface area contributed by atoms with E-state index in [9.17, 15) is 4.79 Å². The Morgan fingerprint density at radius 3 is 2.62 bits per heavy atom. The molecule has 2 aliphatic rings. The Kier molecular flexibility index (Phi) is 6.76. The van der Waals surface area contributed by atoms with E-state index < -0.39 is 0 Å². The van der Waals surface area contributed by atoms with Crippen LogP contribution in [0.3, 0.4) is 0 Å². The highest BCUT2D eigenvalue weighted by Gasteiger charge is 2.29. The standard InChI is InChI=1S/C27H30N10O2/c1-18-17-39-15-14-37(18)25-21-8-13-36(26-28-10-3-11-29-26)16-22(21)31-24(33-25)19-4-6-20(7-5-19)30-27(38)32-23-9-12-35(2)34-23/h3-7,9-12,18H,8,13-17H2,1-2H3,(H2,30,32,34,38). The van der Waals surface area contributed by atoms with E-state index in [1.54, 1.807) is 36.4 Å². The van der Waals surface area contributed by atoms with Gasteiger partial charge in [-0.25, -0.2) is 24.7 Å². The second-order valence-corrected chi connectivity index (χ2v) is 9.66. The van der Waals surface area contributed by atoms with E-state index in [-0.39, 0.29) is 12.1 Å². The number of amides is 2. The van der Waals surface area contributed by atoms with Crippen molar-refractivity contribution in [2.75, 3.05) is 46.7 Å². The average molecular weight is 527 g/mol. The molecule has 39 heavy (non-hydrogen) atoms. The number of morpholine rings is 1. The molecule has 12 nitrogen and oxygen atoms in total. The Hall–Kier alpha value is -4.58. The zero-order valence-electron chi connectivity index (χ0n) is 21.9. The molecule has 1 fully saturated rings. The molecule has 0 radical (unpaired) electrons. The van der Waals surface area contributed by atoms with Crippen molar-refractivity contribution in [3.05, 3.63) is 66.2 Å². The molecule has 200 valence electrons. The number of carbonyl (C=O) groups excluding carboxylic acids is 1. The summed E-state index contributed by atoms with van der Waals surface area (Å²) < 4.78 is 7.32. The Morgan fingerprint density at radius 2 is 1.87 bits per heavy atom. The summed E-state index contributed by atoms with van der Waals surface area (Å²) in [5.41, 5.74) is 3.66. The Labute approximate surface area is 226 Å². The Balaban J connectivity index is 1.28. The molecule has 2 aliphatic heterocycles. The van der Waals surface area contributed by atoms with Gasteiger partial charge in [0.05, 0.1) is 31.5 Å². The second kappa shape index (κ2) is 10.7. The minimum atomic E-state index is -0.363. The molecular weight excluding hydrogens is 496 g/mol. The molecule has 4 aromatic rings. The summed E-state index contributed by atoms with van der Waals surface area (Å²) in [6, 6.07) is 10.9. The second-order valence-electron chi connectivity index (χ2n) is 9.66. The van der Waals surface area contributed by atoms with E-state index in [2.05, 4.69) is 42.4 Å². The number of ether oxygens (including phenoxy) is 1. The van der Waals surface area contributed by atoms with E-state index in [1.807, 2.05) is 30.3 Å². The van der Waals surface area contributed by atoms with Crippen LogP contribution in [0.15, 0.2) is 55.0 Å². The monoisotopic (exact) mass is 526 g/mol. The van der Waals surface area contributed by atoms with Gasteiger partial charge < -0.3 is 19.9 Å². The maximum absolute atomic E-state index is 12.4. The lowest BCUT2D eigenvalue weighted by atomic mass is 10.0. The number of urea groups is 1. The number of aromatic nitrogens is 6. The van der Waals surface area contributed by atoms with E-state index in [0.717, 1.165) is 36.6 Å². The molecule has 12 heteroatoms. The van der Waals surface area contributed by atoms with Crippen LogP contribution in [0.25, 0.3) is 11.4 Å². The summed E-state index contributed by atoms with van der Waals surface area (Å²) in [7, 11) is 1.79. The molecule has 0 saturated carbocycles. The summed E-state index contributed by atoms with van der Waals surface area (Å²) in [5.74, 6) is 2.79. The van der Waals surface area contributed by atoms with Crippen molar-refractivity contribution in [2.24, 2.45) is 7.05 Å². The van der Waals surface area contributed by atoms with Crippen LogP contribution < -0.4 is 20.4 Å². The van der Waals surface area contributed by atoms with Gasteiger partial charge in [-0.3, -0.25) is 10.00 Å². The highest BCUT2D eigenvalue weighted by atomic mass is 16.5. The quantitative estimate of drug-likeness (QED) is 0.403. The highest BCUT2D eigenvalue weighted by molar-refractivity contribution is 5.99. The van der Waals surface area contributed by atoms with Crippen molar-refractivity contribution in [1.82, 2.24) is 29.7 Å². The lowest BCUT2D eigenvalue weighted by Gasteiger charge is -2.37. The predicted octanol–water partition coefficient (Wildman–Crippen LogP) is 3.10. The average Bonchev–Trinajstić information content (AvgIpc) is 3.37.